The van der Waals surface area contributed by atoms with Crippen molar-refractivity contribution in [3.8, 4) is 0 Å². The first-order valence-electron chi connectivity index (χ1n) is 7.18. The van der Waals surface area contributed by atoms with Crippen molar-refractivity contribution in [1.82, 2.24) is 14.7 Å². The number of aromatic nitrogens is 2. The topological polar surface area (TPSA) is 68.6 Å². The molecule has 2 heterocycles. The van der Waals surface area contributed by atoms with Crippen LogP contribution in [0, 0.1) is 0 Å². The van der Waals surface area contributed by atoms with Crippen LogP contribution in [0.15, 0.2) is 12.3 Å². The second-order valence-corrected chi connectivity index (χ2v) is 5.71. The Morgan fingerprint density at radius 2 is 2.38 bits per heavy atom. The first-order chi connectivity index (χ1) is 9.94. The number of amides is 2. The van der Waals surface area contributed by atoms with E-state index in [0.29, 0.717) is 32.1 Å². The number of nitrogens with one attached hydrogen (secondary N) is 1. The predicted molar refractivity (Wildman–Crippen MR) is 79.3 cm³/mol. The highest BCUT2D eigenvalue weighted by molar-refractivity contribution is 5.88. The zero-order chi connectivity index (χ0) is 15.5. The molecule has 0 radical (unpaired) electrons. The van der Waals surface area contributed by atoms with E-state index in [4.69, 9.17) is 9.47 Å². The summed E-state index contributed by atoms with van der Waals surface area (Å²) in [5, 5.41) is 7.13. The fourth-order valence-electron chi connectivity index (χ4n) is 2.29. The quantitative estimate of drug-likeness (QED) is 0.915. The maximum atomic E-state index is 12.4. The Morgan fingerprint density at radius 1 is 1.62 bits per heavy atom. The minimum Gasteiger partial charge on any atom is -0.383 e. The van der Waals surface area contributed by atoms with Crippen molar-refractivity contribution in [2.24, 2.45) is 0 Å². The summed E-state index contributed by atoms with van der Waals surface area (Å²) in [5.41, 5.74) is -0.340. The third-order valence-electron chi connectivity index (χ3n) is 3.94. The van der Waals surface area contributed by atoms with Crippen LogP contribution < -0.4 is 5.32 Å². The third kappa shape index (κ3) is 3.74. The molecule has 7 heteroatoms. The van der Waals surface area contributed by atoms with Gasteiger partial charge in [0.1, 0.15) is 0 Å². The minimum atomic E-state index is -0.340. The van der Waals surface area contributed by atoms with Gasteiger partial charge in [0.25, 0.3) is 0 Å². The van der Waals surface area contributed by atoms with E-state index < -0.39 is 0 Å². The van der Waals surface area contributed by atoms with Crippen LogP contribution in [0.25, 0.3) is 0 Å². The molecule has 0 aromatic carbocycles. The molecule has 7 nitrogen and oxygen atoms in total. The van der Waals surface area contributed by atoms with Crippen LogP contribution >= 0.6 is 0 Å². The number of hydrogen-bond acceptors (Lipinski definition) is 4. The van der Waals surface area contributed by atoms with Crippen LogP contribution in [0.4, 0.5) is 10.6 Å². The van der Waals surface area contributed by atoms with E-state index in [-0.39, 0.29) is 17.7 Å². The Morgan fingerprint density at radius 3 is 3.10 bits per heavy atom. The number of urea groups is 1. The molecule has 0 saturated carbocycles. The van der Waals surface area contributed by atoms with Gasteiger partial charge in [-0.3, -0.25) is 10.00 Å². The Bertz CT molecular complexity index is 486. The van der Waals surface area contributed by atoms with E-state index in [0.717, 1.165) is 0 Å². The van der Waals surface area contributed by atoms with Gasteiger partial charge in [0.15, 0.2) is 5.82 Å². The van der Waals surface area contributed by atoms with Crippen molar-refractivity contribution in [2.45, 2.75) is 39.0 Å². The van der Waals surface area contributed by atoms with Gasteiger partial charge < -0.3 is 14.4 Å². The summed E-state index contributed by atoms with van der Waals surface area (Å²) >= 11 is 0. The van der Waals surface area contributed by atoms with Gasteiger partial charge >= 0.3 is 6.03 Å². The average Bonchev–Trinajstić information content (AvgIpc) is 2.87. The number of carbonyl (C=O) groups is 1. The Hall–Kier alpha value is -1.60. The molecular weight excluding hydrogens is 272 g/mol. The summed E-state index contributed by atoms with van der Waals surface area (Å²) in [6.07, 6.45) is 1.82. The number of anilines is 1. The molecule has 1 N–H and O–H groups in total. The van der Waals surface area contributed by atoms with E-state index in [1.54, 1.807) is 22.8 Å². The van der Waals surface area contributed by atoms with Gasteiger partial charge in [0.05, 0.1) is 31.4 Å². The molecule has 1 aromatic heterocycles. The first-order valence-corrected chi connectivity index (χ1v) is 7.18. The van der Waals surface area contributed by atoms with E-state index in [1.807, 2.05) is 27.0 Å². The smallest absolute Gasteiger partial charge is 0.323 e. The monoisotopic (exact) mass is 296 g/mol. The fourth-order valence-corrected chi connectivity index (χ4v) is 2.29. The molecule has 1 atom stereocenters. The zero-order valence-corrected chi connectivity index (χ0v) is 13.1. The van der Waals surface area contributed by atoms with Crippen molar-refractivity contribution in [1.29, 1.82) is 0 Å². The molecule has 1 saturated heterocycles. The van der Waals surface area contributed by atoms with Crippen molar-refractivity contribution in [2.75, 3.05) is 32.2 Å². The van der Waals surface area contributed by atoms with Gasteiger partial charge in [-0.2, -0.15) is 5.10 Å². The predicted octanol–water partition coefficient (Wildman–Crippen LogP) is 1.56. The lowest BCUT2D eigenvalue weighted by molar-refractivity contribution is -0.105. The molecular formula is C14H24N4O3. The van der Waals surface area contributed by atoms with Gasteiger partial charge in [-0.15, -0.1) is 0 Å². The van der Waals surface area contributed by atoms with Crippen molar-refractivity contribution < 1.29 is 14.3 Å². The Kier molecular flexibility index (Phi) is 4.84. The molecule has 2 rings (SSSR count). The lowest BCUT2D eigenvalue weighted by atomic mass is 9.97. The van der Waals surface area contributed by atoms with Crippen LogP contribution in [-0.4, -0.2) is 59.2 Å². The van der Waals surface area contributed by atoms with Gasteiger partial charge in [0.2, 0.25) is 0 Å². The number of methoxy groups -OCH3 is 1. The summed E-state index contributed by atoms with van der Waals surface area (Å²) in [7, 11) is 1.65. The van der Waals surface area contributed by atoms with Gasteiger partial charge in [-0.05, 0) is 20.8 Å². The number of carbonyl (C=O) groups excluding carboxylic acids is 1. The van der Waals surface area contributed by atoms with Gasteiger partial charge in [-0.25, -0.2) is 4.79 Å². The second-order valence-electron chi connectivity index (χ2n) is 5.71. The molecule has 0 spiro atoms. The molecule has 21 heavy (non-hydrogen) atoms. The summed E-state index contributed by atoms with van der Waals surface area (Å²) in [5.74, 6) is 0.549. The minimum absolute atomic E-state index is 0.00169. The van der Waals surface area contributed by atoms with E-state index in [9.17, 15) is 4.79 Å². The summed E-state index contributed by atoms with van der Waals surface area (Å²) < 4.78 is 12.4. The number of nitrogens with zero attached hydrogens (tertiary/aromatic N) is 3. The maximum Gasteiger partial charge on any atom is 0.323 e. The molecule has 0 aliphatic carbocycles. The lowest BCUT2D eigenvalue weighted by Gasteiger charge is -2.44. The van der Waals surface area contributed by atoms with E-state index in [2.05, 4.69) is 10.4 Å². The summed E-state index contributed by atoms with van der Waals surface area (Å²) in [6.45, 7) is 8.37. The molecule has 1 aromatic rings. The van der Waals surface area contributed by atoms with Crippen LogP contribution in [0.2, 0.25) is 0 Å². The summed E-state index contributed by atoms with van der Waals surface area (Å²) in [4.78, 5) is 14.2. The fraction of sp³-hybridized carbons (Fsp3) is 0.714. The number of ether oxygens (including phenoxy) is 2. The van der Waals surface area contributed by atoms with Crippen LogP contribution in [-0.2, 0) is 16.0 Å². The maximum absolute atomic E-state index is 12.4. The Balaban J connectivity index is 1.96. The molecule has 1 aliphatic heterocycles. The second kappa shape index (κ2) is 6.44. The van der Waals surface area contributed by atoms with E-state index >= 15 is 0 Å². The van der Waals surface area contributed by atoms with Gasteiger partial charge in [0, 0.05) is 25.9 Å². The van der Waals surface area contributed by atoms with Crippen molar-refractivity contribution >= 4 is 11.8 Å². The normalized spacial score (nSPS) is 21.3. The molecule has 0 bridgehead atoms. The number of hydrogen-bond donors (Lipinski definition) is 1. The van der Waals surface area contributed by atoms with E-state index in [1.165, 1.54) is 0 Å². The van der Waals surface area contributed by atoms with Crippen LogP contribution in [0.3, 0.4) is 0 Å². The largest absolute Gasteiger partial charge is 0.383 e. The lowest BCUT2D eigenvalue weighted by Crippen LogP contribution is -2.58. The summed E-state index contributed by atoms with van der Waals surface area (Å²) in [6, 6.07) is 1.64. The SMILES string of the molecule is COCCn1ccc(NC(=O)N2CCOC(C)(C)C2C)n1. The highest BCUT2D eigenvalue weighted by Crippen LogP contribution is 2.24. The molecule has 2 amide bonds. The molecule has 1 unspecified atom stereocenters. The highest BCUT2D eigenvalue weighted by atomic mass is 16.5. The first kappa shape index (κ1) is 15.8. The van der Waals surface area contributed by atoms with Crippen LogP contribution in [0.1, 0.15) is 20.8 Å². The van der Waals surface area contributed by atoms with Crippen molar-refractivity contribution in [3.63, 3.8) is 0 Å². The third-order valence-corrected chi connectivity index (χ3v) is 3.94. The molecule has 1 fully saturated rings. The zero-order valence-electron chi connectivity index (χ0n) is 13.1. The Labute approximate surface area is 125 Å². The number of rotatable bonds is 4. The number of morpholine rings is 1. The van der Waals surface area contributed by atoms with Crippen LogP contribution in [0.5, 0.6) is 0 Å². The van der Waals surface area contributed by atoms with Crippen molar-refractivity contribution in [3.05, 3.63) is 12.3 Å². The molecule has 1 aliphatic rings. The molecule has 118 valence electrons. The standard InChI is InChI=1S/C14H24N4O3/c1-11-14(2,3)21-10-8-18(11)13(19)15-12-5-6-17(16-12)7-9-20-4/h5-6,11H,7-10H2,1-4H3,(H,15,16,19). The highest BCUT2D eigenvalue weighted by Gasteiger charge is 2.37. The van der Waals surface area contributed by atoms with Gasteiger partial charge in [-0.1, -0.05) is 0 Å². The average molecular weight is 296 g/mol.